The van der Waals surface area contributed by atoms with Gasteiger partial charge in [-0.2, -0.15) is 13.2 Å². The lowest BCUT2D eigenvalue weighted by Crippen LogP contribution is -2.20. The second-order valence-electron chi connectivity index (χ2n) is 2.94. The van der Waals surface area contributed by atoms with Gasteiger partial charge >= 0.3 is 12.5 Å². The van der Waals surface area contributed by atoms with E-state index in [0.29, 0.717) is 6.20 Å². The highest BCUT2D eigenvalue weighted by Crippen LogP contribution is 2.41. The Morgan fingerprint density at radius 3 is 2.11 bits per heavy atom. The molecule has 1 rings (SSSR count). The van der Waals surface area contributed by atoms with Crippen molar-refractivity contribution < 1.29 is 31.1 Å². The molecule has 1 aromatic rings. The highest BCUT2D eigenvalue weighted by atomic mass is 35.5. The SMILES string of the molecule is FC(F)(F)Oc1ncc(Cl)c(C(F)(F)F)c1CCl. The zero-order valence-corrected chi connectivity index (χ0v) is 9.68. The predicted octanol–water partition coefficient (Wildman–Crippen LogP) is 4.39. The van der Waals surface area contributed by atoms with Gasteiger partial charge in [0.25, 0.3) is 0 Å². The first-order valence-corrected chi connectivity index (χ1v) is 5.03. The van der Waals surface area contributed by atoms with Gasteiger partial charge in [0.05, 0.1) is 22.7 Å². The standard InChI is InChI=1S/C8H3Cl2F6NO/c9-1-3-5(7(11,12)13)4(10)2-17-6(3)18-8(14,15)16/h2H,1H2. The number of hydrogen-bond donors (Lipinski definition) is 0. The third-order valence-electron chi connectivity index (χ3n) is 1.72. The average Bonchev–Trinajstić information content (AvgIpc) is 2.16. The number of nitrogens with zero attached hydrogens (tertiary/aromatic N) is 1. The first-order chi connectivity index (χ1) is 8.06. The van der Waals surface area contributed by atoms with Gasteiger partial charge in [-0.05, 0) is 0 Å². The summed E-state index contributed by atoms with van der Waals surface area (Å²) in [4.78, 5) is 3.05. The molecule has 0 N–H and O–H groups in total. The largest absolute Gasteiger partial charge is 0.574 e. The lowest BCUT2D eigenvalue weighted by Gasteiger charge is -2.16. The van der Waals surface area contributed by atoms with Crippen LogP contribution in [0.5, 0.6) is 5.88 Å². The van der Waals surface area contributed by atoms with Gasteiger partial charge in [-0.25, -0.2) is 4.98 Å². The van der Waals surface area contributed by atoms with Gasteiger partial charge in [0.15, 0.2) is 0 Å². The summed E-state index contributed by atoms with van der Waals surface area (Å²) in [5.41, 5.74) is -2.46. The van der Waals surface area contributed by atoms with Gasteiger partial charge in [0.1, 0.15) is 0 Å². The molecule has 1 aromatic heterocycles. The van der Waals surface area contributed by atoms with E-state index in [1.54, 1.807) is 0 Å². The molecule has 18 heavy (non-hydrogen) atoms. The van der Waals surface area contributed by atoms with Crippen molar-refractivity contribution in [2.75, 3.05) is 0 Å². The van der Waals surface area contributed by atoms with Crippen molar-refractivity contribution in [3.63, 3.8) is 0 Å². The fourth-order valence-electron chi connectivity index (χ4n) is 1.14. The van der Waals surface area contributed by atoms with Crippen molar-refractivity contribution in [1.82, 2.24) is 4.98 Å². The monoisotopic (exact) mass is 313 g/mol. The van der Waals surface area contributed by atoms with E-state index in [-0.39, 0.29) is 0 Å². The minimum absolute atomic E-state index is 0.418. The summed E-state index contributed by atoms with van der Waals surface area (Å²) in [5.74, 6) is -2.15. The number of hydrogen-bond acceptors (Lipinski definition) is 2. The van der Waals surface area contributed by atoms with Crippen molar-refractivity contribution >= 4 is 23.2 Å². The second kappa shape index (κ2) is 5.00. The molecule has 0 atom stereocenters. The number of aromatic nitrogens is 1. The summed E-state index contributed by atoms with van der Waals surface area (Å²) < 4.78 is 77.1. The maximum absolute atomic E-state index is 12.6. The van der Waals surface area contributed by atoms with Crippen LogP contribution in [0.4, 0.5) is 26.3 Å². The molecule has 0 amide bonds. The van der Waals surface area contributed by atoms with Gasteiger partial charge in [0, 0.05) is 5.56 Å². The Balaban J connectivity index is 3.39. The predicted molar refractivity (Wildman–Crippen MR) is 50.5 cm³/mol. The number of rotatable bonds is 2. The molecule has 0 unspecified atom stereocenters. The van der Waals surface area contributed by atoms with Crippen molar-refractivity contribution in [2.45, 2.75) is 18.4 Å². The molecule has 0 saturated carbocycles. The van der Waals surface area contributed by atoms with Crippen LogP contribution >= 0.6 is 23.2 Å². The van der Waals surface area contributed by atoms with Gasteiger partial charge in [-0.3, -0.25) is 0 Å². The Morgan fingerprint density at radius 2 is 1.72 bits per heavy atom. The first kappa shape index (κ1) is 15.2. The van der Waals surface area contributed by atoms with Gasteiger partial charge < -0.3 is 4.74 Å². The molecule has 2 nitrogen and oxygen atoms in total. The Hall–Kier alpha value is -0.890. The molecule has 1 heterocycles. The molecule has 102 valence electrons. The number of ether oxygens (including phenoxy) is 1. The number of halogens is 8. The van der Waals surface area contributed by atoms with Gasteiger partial charge in [-0.15, -0.1) is 24.8 Å². The molecular weight excluding hydrogens is 311 g/mol. The van der Waals surface area contributed by atoms with Gasteiger partial charge in [-0.1, -0.05) is 11.6 Å². The summed E-state index contributed by atoms with van der Waals surface area (Å²) in [5, 5.41) is -0.854. The fraction of sp³-hybridized carbons (Fsp3) is 0.375. The van der Waals surface area contributed by atoms with Gasteiger partial charge in [0.2, 0.25) is 5.88 Å². The van der Waals surface area contributed by atoms with Crippen LogP contribution in [0, 0.1) is 0 Å². The zero-order valence-electron chi connectivity index (χ0n) is 8.16. The summed E-state index contributed by atoms with van der Waals surface area (Å²) >= 11 is 10.5. The highest BCUT2D eigenvalue weighted by molar-refractivity contribution is 6.31. The van der Waals surface area contributed by atoms with Crippen LogP contribution in [-0.2, 0) is 12.1 Å². The molecule has 0 aliphatic rings. The topological polar surface area (TPSA) is 22.1 Å². The van der Waals surface area contributed by atoms with E-state index in [4.69, 9.17) is 23.2 Å². The fourth-order valence-corrected chi connectivity index (χ4v) is 1.65. The average molecular weight is 314 g/mol. The minimum Gasteiger partial charge on any atom is -0.388 e. The summed E-state index contributed by atoms with van der Waals surface area (Å²) in [6, 6.07) is 0. The molecule has 0 aliphatic heterocycles. The van der Waals surface area contributed by atoms with Crippen LogP contribution < -0.4 is 4.74 Å². The van der Waals surface area contributed by atoms with Crippen LogP contribution in [0.15, 0.2) is 6.20 Å². The van der Waals surface area contributed by atoms with Crippen LogP contribution in [-0.4, -0.2) is 11.3 Å². The summed E-state index contributed by atoms with van der Waals surface area (Å²) in [6.07, 6.45) is -9.72. The minimum atomic E-state index is -5.18. The lowest BCUT2D eigenvalue weighted by atomic mass is 10.1. The first-order valence-electron chi connectivity index (χ1n) is 4.12. The molecule has 0 aromatic carbocycles. The third kappa shape index (κ3) is 3.55. The van der Waals surface area contributed by atoms with Crippen LogP contribution in [0.25, 0.3) is 0 Å². The maximum atomic E-state index is 12.6. The van der Waals surface area contributed by atoms with Crippen molar-refractivity contribution in [3.05, 3.63) is 22.3 Å². The summed E-state index contributed by atoms with van der Waals surface area (Å²) in [7, 11) is 0. The molecule has 0 bridgehead atoms. The van der Waals surface area contributed by atoms with E-state index in [1.165, 1.54) is 0 Å². The molecular formula is C8H3Cl2F6NO. The number of pyridine rings is 1. The molecule has 0 fully saturated rings. The molecule has 0 radical (unpaired) electrons. The molecule has 0 saturated heterocycles. The molecule has 0 spiro atoms. The lowest BCUT2D eigenvalue weighted by molar-refractivity contribution is -0.276. The Labute approximate surface area is 106 Å². The molecule has 10 heteroatoms. The van der Waals surface area contributed by atoms with Crippen LogP contribution in [0.2, 0.25) is 5.02 Å². The quantitative estimate of drug-likeness (QED) is 0.596. The van der Waals surface area contributed by atoms with E-state index in [0.717, 1.165) is 0 Å². The smallest absolute Gasteiger partial charge is 0.388 e. The molecule has 0 aliphatic carbocycles. The van der Waals surface area contributed by atoms with Crippen LogP contribution in [0.1, 0.15) is 11.1 Å². The van der Waals surface area contributed by atoms with E-state index in [2.05, 4.69) is 9.72 Å². The van der Waals surface area contributed by atoms with Crippen molar-refractivity contribution in [3.8, 4) is 5.88 Å². The van der Waals surface area contributed by atoms with Crippen molar-refractivity contribution in [2.24, 2.45) is 0 Å². The van der Waals surface area contributed by atoms with E-state index < -0.39 is 40.4 Å². The van der Waals surface area contributed by atoms with E-state index >= 15 is 0 Å². The highest BCUT2D eigenvalue weighted by Gasteiger charge is 2.40. The maximum Gasteiger partial charge on any atom is 0.574 e. The third-order valence-corrected chi connectivity index (χ3v) is 2.28. The number of alkyl halides is 7. The second-order valence-corrected chi connectivity index (χ2v) is 3.62. The zero-order chi connectivity index (χ0) is 14.1. The Morgan fingerprint density at radius 1 is 1.17 bits per heavy atom. The normalized spacial score (nSPS) is 12.7. The van der Waals surface area contributed by atoms with E-state index in [1.807, 2.05) is 0 Å². The Kier molecular flexibility index (Phi) is 4.22. The van der Waals surface area contributed by atoms with Crippen molar-refractivity contribution in [1.29, 1.82) is 0 Å². The van der Waals surface area contributed by atoms with Crippen LogP contribution in [0.3, 0.4) is 0 Å². The Bertz CT molecular complexity index is 444. The summed E-state index contributed by atoms with van der Waals surface area (Å²) in [6.45, 7) is 0. The van der Waals surface area contributed by atoms with E-state index in [9.17, 15) is 26.3 Å².